The molecule has 9 heteroatoms. The molecular weight excluding hydrogens is 444 g/mol. The van der Waals surface area contributed by atoms with Gasteiger partial charge in [0.2, 0.25) is 0 Å². The number of hydrogen-bond acceptors (Lipinski definition) is 6. The first-order valence-electron chi connectivity index (χ1n) is 11.6. The second-order valence-corrected chi connectivity index (χ2v) is 9.56. The normalized spacial score (nSPS) is 14.4. The third kappa shape index (κ3) is 4.75. The van der Waals surface area contributed by atoms with Gasteiger partial charge >= 0.3 is 6.09 Å². The number of carbonyl (C=O) groups is 2. The zero-order valence-corrected chi connectivity index (χ0v) is 20.0. The maximum atomic E-state index is 13.0. The molecule has 0 saturated carbocycles. The smallest absolute Gasteiger partial charge is 0.410 e. The van der Waals surface area contributed by atoms with Crippen molar-refractivity contribution < 1.29 is 14.3 Å². The second kappa shape index (κ2) is 8.90. The van der Waals surface area contributed by atoms with Crippen molar-refractivity contribution in [2.75, 3.05) is 36.4 Å². The lowest BCUT2D eigenvalue weighted by atomic mass is 10.1. The maximum absolute atomic E-state index is 13.0. The van der Waals surface area contributed by atoms with Gasteiger partial charge in [-0.3, -0.25) is 4.79 Å². The van der Waals surface area contributed by atoms with Crippen molar-refractivity contribution >= 4 is 45.3 Å². The highest BCUT2D eigenvalue weighted by Gasteiger charge is 2.26. The highest BCUT2D eigenvalue weighted by molar-refractivity contribution is 6.16. The number of aromatic nitrogens is 3. The van der Waals surface area contributed by atoms with Crippen molar-refractivity contribution in [2.24, 2.45) is 0 Å². The molecule has 5 rings (SSSR count). The largest absolute Gasteiger partial charge is 0.444 e. The van der Waals surface area contributed by atoms with Crippen molar-refractivity contribution in [1.29, 1.82) is 0 Å². The summed E-state index contributed by atoms with van der Waals surface area (Å²) >= 11 is 0. The fourth-order valence-electron chi connectivity index (χ4n) is 4.24. The predicted molar refractivity (Wildman–Crippen MR) is 136 cm³/mol. The predicted octanol–water partition coefficient (Wildman–Crippen LogP) is 4.42. The lowest BCUT2D eigenvalue weighted by Crippen LogP contribution is -2.50. The first-order valence-corrected chi connectivity index (χ1v) is 11.6. The van der Waals surface area contributed by atoms with Gasteiger partial charge in [-0.15, -0.1) is 0 Å². The second-order valence-electron chi connectivity index (χ2n) is 9.56. The lowest BCUT2D eigenvalue weighted by Gasteiger charge is -2.36. The number of nitrogens with zero attached hydrogens (tertiary/aromatic N) is 4. The molecule has 35 heavy (non-hydrogen) atoms. The number of carbonyl (C=O) groups excluding carboxylic acids is 2. The number of H-pyrrole nitrogens is 1. The molecule has 0 aliphatic carbocycles. The van der Waals surface area contributed by atoms with Gasteiger partial charge in [-0.25, -0.2) is 14.8 Å². The molecule has 4 heterocycles. The van der Waals surface area contributed by atoms with Gasteiger partial charge in [0.1, 0.15) is 11.4 Å². The van der Waals surface area contributed by atoms with Crippen molar-refractivity contribution in [3.63, 3.8) is 0 Å². The van der Waals surface area contributed by atoms with Crippen molar-refractivity contribution in [1.82, 2.24) is 19.9 Å². The average Bonchev–Trinajstić information content (AvgIpc) is 3.22. The average molecular weight is 473 g/mol. The van der Waals surface area contributed by atoms with Gasteiger partial charge in [-0.2, -0.15) is 0 Å². The molecule has 1 saturated heterocycles. The van der Waals surface area contributed by atoms with Crippen molar-refractivity contribution in [3.05, 3.63) is 60.6 Å². The number of amides is 2. The Bertz CT molecular complexity index is 1380. The first kappa shape index (κ1) is 22.6. The minimum Gasteiger partial charge on any atom is -0.444 e. The van der Waals surface area contributed by atoms with E-state index in [1.165, 1.54) is 0 Å². The standard InChI is InChI=1S/C26H28N6O3/c1-26(2,3)35-25(34)32-14-12-31(13-15-32)17-8-9-21(28-16-17)30-24(33)23-22-19(10-11-27-23)18-6-4-5-7-20(18)29-22/h4-11,16,29H,12-15H2,1-3H3,(H,28,30,33). The van der Waals surface area contributed by atoms with Crippen LogP contribution in [0.15, 0.2) is 54.9 Å². The number of pyridine rings is 2. The molecule has 1 fully saturated rings. The Hall–Kier alpha value is -4.14. The molecule has 0 atom stereocenters. The van der Waals surface area contributed by atoms with Gasteiger partial charge in [-0.05, 0) is 45.0 Å². The Morgan fingerprint density at radius 1 is 0.971 bits per heavy atom. The highest BCUT2D eigenvalue weighted by Crippen LogP contribution is 2.27. The first-order chi connectivity index (χ1) is 16.8. The highest BCUT2D eigenvalue weighted by atomic mass is 16.6. The molecule has 1 aliphatic rings. The molecule has 1 aliphatic heterocycles. The van der Waals surface area contributed by atoms with Gasteiger partial charge in [0.25, 0.3) is 5.91 Å². The molecule has 0 bridgehead atoms. The van der Waals surface area contributed by atoms with E-state index in [2.05, 4.69) is 25.2 Å². The Morgan fingerprint density at radius 3 is 2.46 bits per heavy atom. The summed E-state index contributed by atoms with van der Waals surface area (Å²) < 4.78 is 5.46. The third-order valence-electron chi connectivity index (χ3n) is 5.93. The van der Waals surface area contributed by atoms with Crippen molar-refractivity contribution in [3.8, 4) is 0 Å². The molecule has 180 valence electrons. The number of anilines is 2. The van der Waals surface area contributed by atoms with Crippen LogP contribution in [0.5, 0.6) is 0 Å². The third-order valence-corrected chi connectivity index (χ3v) is 5.93. The van der Waals surface area contributed by atoms with Crippen LogP contribution in [0, 0.1) is 0 Å². The maximum Gasteiger partial charge on any atom is 0.410 e. The molecule has 3 aromatic heterocycles. The Balaban J connectivity index is 1.24. The van der Waals surface area contributed by atoms with Crippen LogP contribution in [-0.2, 0) is 4.74 Å². The molecule has 9 nitrogen and oxygen atoms in total. The van der Waals surface area contributed by atoms with E-state index in [0.29, 0.717) is 43.2 Å². The Kier molecular flexibility index (Phi) is 5.76. The minimum atomic E-state index is -0.506. The Labute approximate surface area is 203 Å². The fourth-order valence-corrected chi connectivity index (χ4v) is 4.24. The number of benzene rings is 1. The van der Waals surface area contributed by atoms with E-state index < -0.39 is 5.60 Å². The van der Waals surface area contributed by atoms with E-state index in [0.717, 1.165) is 22.0 Å². The zero-order chi connectivity index (χ0) is 24.6. The molecule has 4 aromatic rings. The molecular formula is C26H28N6O3. The van der Waals surface area contributed by atoms with Crippen LogP contribution in [0.25, 0.3) is 21.8 Å². The van der Waals surface area contributed by atoms with Crippen LogP contribution < -0.4 is 10.2 Å². The van der Waals surface area contributed by atoms with Crippen LogP contribution in [0.3, 0.4) is 0 Å². The number of aromatic amines is 1. The van der Waals surface area contributed by atoms with E-state index in [1.807, 2.05) is 57.2 Å². The van der Waals surface area contributed by atoms with E-state index in [1.54, 1.807) is 23.4 Å². The zero-order valence-electron chi connectivity index (χ0n) is 20.0. The van der Waals surface area contributed by atoms with Gasteiger partial charge in [0.15, 0.2) is 5.69 Å². The summed E-state index contributed by atoms with van der Waals surface area (Å²) in [5, 5.41) is 4.85. The van der Waals surface area contributed by atoms with E-state index in [4.69, 9.17) is 4.74 Å². The van der Waals surface area contributed by atoms with E-state index in [-0.39, 0.29) is 12.0 Å². The number of para-hydroxylation sites is 1. The number of rotatable bonds is 3. The Morgan fingerprint density at radius 2 is 1.74 bits per heavy atom. The van der Waals surface area contributed by atoms with Gasteiger partial charge in [0, 0.05) is 48.7 Å². The van der Waals surface area contributed by atoms with Gasteiger partial charge in [-0.1, -0.05) is 18.2 Å². The quantitative estimate of drug-likeness (QED) is 0.458. The summed E-state index contributed by atoms with van der Waals surface area (Å²) in [6, 6.07) is 13.5. The monoisotopic (exact) mass is 472 g/mol. The van der Waals surface area contributed by atoms with Crippen LogP contribution in [-0.4, -0.2) is 63.6 Å². The lowest BCUT2D eigenvalue weighted by molar-refractivity contribution is 0.0240. The summed E-state index contributed by atoms with van der Waals surface area (Å²) in [6.45, 7) is 8.11. The summed E-state index contributed by atoms with van der Waals surface area (Å²) in [5.41, 5.74) is 2.41. The number of fused-ring (bicyclic) bond motifs is 3. The van der Waals surface area contributed by atoms with Crippen LogP contribution in [0.4, 0.5) is 16.3 Å². The summed E-state index contributed by atoms with van der Waals surface area (Å²) in [7, 11) is 0. The van der Waals surface area contributed by atoms with Gasteiger partial charge < -0.3 is 24.8 Å². The topological polar surface area (TPSA) is 103 Å². The number of ether oxygens (including phenoxy) is 1. The van der Waals surface area contributed by atoms with Crippen LogP contribution >= 0.6 is 0 Å². The number of hydrogen-bond donors (Lipinski definition) is 2. The SMILES string of the molecule is CC(C)(C)OC(=O)N1CCN(c2ccc(NC(=O)c3nccc4c3[nH]c3ccccc34)nc2)CC1. The minimum absolute atomic E-state index is 0.285. The molecule has 2 amide bonds. The molecule has 1 aromatic carbocycles. The van der Waals surface area contributed by atoms with E-state index in [9.17, 15) is 9.59 Å². The van der Waals surface area contributed by atoms with E-state index >= 15 is 0 Å². The van der Waals surface area contributed by atoms with Crippen LogP contribution in [0.2, 0.25) is 0 Å². The molecule has 0 radical (unpaired) electrons. The summed E-state index contributed by atoms with van der Waals surface area (Å²) in [4.78, 5) is 41.2. The molecule has 0 unspecified atom stereocenters. The molecule has 0 spiro atoms. The fraction of sp³-hybridized carbons (Fsp3) is 0.308. The van der Waals surface area contributed by atoms with Gasteiger partial charge in [0.05, 0.1) is 17.4 Å². The number of piperazine rings is 1. The van der Waals surface area contributed by atoms with Crippen LogP contribution in [0.1, 0.15) is 31.3 Å². The van der Waals surface area contributed by atoms with Crippen molar-refractivity contribution in [2.45, 2.75) is 26.4 Å². The number of nitrogens with one attached hydrogen (secondary N) is 2. The summed E-state index contributed by atoms with van der Waals surface area (Å²) in [6.07, 6.45) is 3.09. The molecule has 2 N–H and O–H groups in total. The summed E-state index contributed by atoms with van der Waals surface area (Å²) in [5.74, 6) is 0.120.